The van der Waals surface area contributed by atoms with Crippen molar-refractivity contribution in [3.05, 3.63) is 35.4 Å². The van der Waals surface area contributed by atoms with E-state index in [2.05, 4.69) is 29.6 Å². The normalized spacial score (nSPS) is 33.0. The fraction of sp³-hybridized carbons (Fsp3) is 0.600. The lowest BCUT2D eigenvalue weighted by Crippen LogP contribution is -2.43. The quantitative estimate of drug-likeness (QED) is 0.907. The summed E-state index contributed by atoms with van der Waals surface area (Å²) in [6, 6.07) is 8.63. The summed E-state index contributed by atoms with van der Waals surface area (Å²) in [5.41, 5.74) is 2.67. The van der Waals surface area contributed by atoms with Gasteiger partial charge in [-0.1, -0.05) is 30.7 Å². The molecule has 3 aliphatic rings. The molecule has 1 aromatic rings. The SMILES string of the molecule is O=C(NC1CCCc2ccccc21)C1CC2CCCC(C1)C2=O. The number of rotatable bonds is 2. The van der Waals surface area contributed by atoms with E-state index in [1.54, 1.807) is 0 Å². The number of hydrogen-bond donors (Lipinski definition) is 1. The molecule has 3 atom stereocenters. The maximum atomic E-state index is 12.8. The Morgan fingerprint density at radius 2 is 1.74 bits per heavy atom. The minimum atomic E-state index is 0.0390. The highest BCUT2D eigenvalue weighted by Gasteiger charge is 2.41. The van der Waals surface area contributed by atoms with E-state index in [-0.39, 0.29) is 29.7 Å². The smallest absolute Gasteiger partial charge is 0.223 e. The first kappa shape index (κ1) is 14.9. The highest BCUT2D eigenvalue weighted by molar-refractivity contribution is 5.88. The van der Waals surface area contributed by atoms with Crippen LogP contribution in [-0.4, -0.2) is 11.7 Å². The number of ketones is 1. The molecule has 23 heavy (non-hydrogen) atoms. The molecule has 1 N–H and O–H groups in total. The van der Waals surface area contributed by atoms with Gasteiger partial charge in [-0.2, -0.15) is 0 Å². The number of aryl methyl sites for hydroxylation is 1. The molecular formula is C20H25NO2. The van der Waals surface area contributed by atoms with Crippen molar-refractivity contribution < 1.29 is 9.59 Å². The maximum absolute atomic E-state index is 12.8. The standard InChI is InChI=1S/C20H25NO2/c22-19-14-7-3-8-15(19)12-16(11-14)20(23)21-18-10-4-6-13-5-1-2-9-17(13)18/h1-2,5,9,14-16,18H,3-4,6-8,10-12H2,(H,21,23). The second kappa shape index (κ2) is 6.10. The average molecular weight is 311 g/mol. The Morgan fingerprint density at radius 1 is 1.00 bits per heavy atom. The van der Waals surface area contributed by atoms with Gasteiger partial charge in [-0.25, -0.2) is 0 Å². The zero-order chi connectivity index (χ0) is 15.8. The van der Waals surface area contributed by atoms with E-state index >= 15 is 0 Å². The lowest BCUT2D eigenvalue weighted by molar-refractivity contribution is -0.138. The molecule has 1 amide bonds. The highest BCUT2D eigenvalue weighted by atomic mass is 16.2. The van der Waals surface area contributed by atoms with Gasteiger partial charge in [0.25, 0.3) is 0 Å². The Kier molecular flexibility index (Phi) is 3.96. The van der Waals surface area contributed by atoms with Gasteiger partial charge in [-0.05, 0) is 56.1 Å². The number of hydrogen-bond acceptors (Lipinski definition) is 2. The van der Waals surface area contributed by atoms with Crippen LogP contribution in [0.2, 0.25) is 0 Å². The van der Waals surface area contributed by atoms with Crippen molar-refractivity contribution in [2.45, 2.75) is 57.4 Å². The molecule has 3 nitrogen and oxygen atoms in total. The first-order valence-electron chi connectivity index (χ1n) is 9.14. The fourth-order valence-electron chi connectivity index (χ4n) is 4.89. The minimum Gasteiger partial charge on any atom is -0.349 e. The number of carbonyl (C=O) groups is 2. The average Bonchev–Trinajstić information content (AvgIpc) is 2.55. The molecule has 2 saturated carbocycles. The predicted molar refractivity (Wildman–Crippen MR) is 88.8 cm³/mol. The topological polar surface area (TPSA) is 46.2 Å². The fourth-order valence-corrected chi connectivity index (χ4v) is 4.89. The van der Waals surface area contributed by atoms with Crippen LogP contribution in [0.5, 0.6) is 0 Å². The van der Waals surface area contributed by atoms with Crippen LogP contribution in [0, 0.1) is 17.8 Å². The van der Waals surface area contributed by atoms with Gasteiger partial charge in [0.15, 0.2) is 0 Å². The zero-order valence-electron chi connectivity index (χ0n) is 13.6. The number of amides is 1. The van der Waals surface area contributed by atoms with E-state index in [4.69, 9.17) is 0 Å². The van der Waals surface area contributed by atoms with E-state index < -0.39 is 0 Å². The van der Waals surface area contributed by atoms with Gasteiger partial charge in [0.2, 0.25) is 5.91 Å². The Bertz CT molecular complexity index is 608. The van der Waals surface area contributed by atoms with E-state index in [0.29, 0.717) is 5.78 Å². The van der Waals surface area contributed by atoms with Crippen molar-refractivity contribution >= 4 is 11.7 Å². The molecule has 0 radical (unpaired) electrons. The molecule has 0 spiro atoms. The molecular weight excluding hydrogens is 286 g/mol. The van der Waals surface area contributed by atoms with E-state index in [0.717, 1.165) is 51.4 Å². The van der Waals surface area contributed by atoms with Crippen LogP contribution in [0.4, 0.5) is 0 Å². The first-order chi connectivity index (χ1) is 11.2. The van der Waals surface area contributed by atoms with Gasteiger partial charge >= 0.3 is 0 Å². The van der Waals surface area contributed by atoms with Crippen LogP contribution < -0.4 is 5.32 Å². The molecule has 1 aromatic carbocycles. The van der Waals surface area contributed by atoms with Gasteiger partial charge in [0, 0.05) is 17.8 Å². The van der Waals surface area contributed by atoms with Gasteiger partial charge in [0.05, 0.1) is 6.04 Å². The van der Waals surface area contributed by atoms with Crippen LogP contribution in [-0.2, 0) is 16.0 Å². The van der Waals surface area contributed by atoms with Crippen molar-refractivity contribution in [2.75, 3.05) is 0 Å². The molecule has 2 fully saturated rings. The number of Topliss-reactive ketones (excluding diaryl/α,β-unsaturated/α-hetero) is 1. The molecule has 0 aromatic heterocycles. The van der Waals surface area contributed by atoms with Crippen LogP contribution in [0.3, 0.4) is 0 Å². The number of nitrogens with one attached hydrogen (secondary N) is 1. The summed E-state index contributed by atoms with van der Waals surface area (Å²) in [5, 5.41) is 3.30. The Morgan fingerprint density at radius 3 is 2.52 bits per heavy atom. The zero-order valence-corrected chi connectivity index (χ0v) is 13.6. The van der Waals surface area contributed by atoms with E-state index in [1.165, 1.54) is 11.1 Å². The van der Waals surface area contributed by atoms with Gasteiger partial charge in [-0.3, -0.25) is 9.59 Å². The monoisotopic (exact) mass is 311 g/mol. The summed E-state index contributed by atoms with van der Waals surface area (Å²) in [6.07, 6.45) is 7.97. The van der Waals surface area contributed by atoms with Crippen molar-refractivity contribution in [3.63, 3.8) is 0 Å². The molecule has 3 aliphatic carbocycles. The Labute approximate surface area is 137 Å². The van der Waals surface area contributed by atoms with Crippen molar-refractivity contribution in [1.29, 1.82) is 0 Å². The third kappa shape index (κ3) is 2.82. The number of benzene rings is 1. The molecule has 0 aliphatic heterocycles. The summed E-state index contributed by atoms with van der Waals surface area (Å²) < 4.78 is 0. The van der Waals surface area contributed by atoms with E-state index in [1.807, 2.05) is 0 Å². The summed E-state index contributed by atoms with van der Waals surface area (Å²) in [6.45, 7) is 0. The van der Waals surface area contributed by atoms with Crippen molar-refractivity contribution in [2.24, 2.45) is 17.8 Å². The van der Waals surface area contributed by atoms with Crippen LogP contribution in [0.25, 0.3) is 0 Å². The third-order valence-corrected chi connectivity index (χ3v) is 6.10. The van der Waals surface area contributed by atoms with Crippen LogP contribution in [0.1, 0.15) is 62.1 Å². The lowest BCUT2D eigenvalue weighted by Gasteiger charge is -2.37. The summed E-state index contributed by atoms with van der Waals surface area (Å²) >= 11 is 0. The molecule has 2 bridgehead atoms. The molecule has 122 valence electrons. The van der Waals surface area contributed by atoms with Gasteiger partial charge in [-0.15, -0.1) is 0 Å². The minimum absolute atomic E-state index is 0.0390. The van der Waals surface area contributed by atoms with Crippen LogP contribution in [0.15, 0.2) is 24.3 Å². The summed E-state index contributed by atoms with van der Waals surface area (Å²) in [5.74, 6) is 0.949. The third-order valence-electron chi connectivity index (χ3n) is 6.10. The number of carbonyl (C=O) groups excluding carboxylic acids is 2. The molecule has 3 heteroatoms. The van der Waals surface area contributed by atoms with Crippen molar-refractivity contribution in [1.82, 2.24) is 5.32 Å². The largest absolute Gasteiger partial charge is 0.349 e. The summed E-state index contributed by atoms with van der Waals surface area (Å²) in [7, 11) is 0. The van der Waals surface area contributed by atoms with Gasteiger partial charge < -0.3 is 5.32 Å². The lowest BCUT2D eigenvalue weighted by atomic mass is 9.67. The maximum Gasteiger partial charge on any atom is 0.223 e. The second-order valence-electron chi connectivity index (χ2n) is 7.55. The Balaban J connectivity index is 1.46. The van der Waals surface area contributed by atoms with Crippen LogP contribution >= 0.6 is 0 Å². The van der Waals surface area contributed by atoms with E-state index in [9.17, 15) is 9.59 Å². The Hall–Kier alpha value is -1.64. The highest BCUT2D eigenvalue weighted by Crippen LogP contribution is 2.40. The molecule has 0 saturated heterocycles. The summed E-state index contributed by atoms with van der Waals surface area (Å²) in [4.78, 5) is 25.0. The number of fused-ring (bicyclic) bond motifs is 3. The predicted octanol–water partition coefficient (Wildman–Crippen LogP) is 3.58. The molecule has 0 heterocycles. The van der Waals surface area contributed by atoms with Gasteiger partial charge in [0.1, 0.15) is 5.78 Å². The first-order valence-corrected chi connectivity index (χ1v) is 9.14. The molecule has 4 rings (SSSR count). The second-order valence-corrected chi connectivity index (χ2v) is 7.55. The van der Waals surface area contributed by atoms with Crippen molar-refractivity contribution in [3.8, 4) is 0 Å². The molecule has 3 unspecified atom stereocenters.